The highest BCUT2D eigenvalue weighted by atomic mass is 35.5. The molecular formula is C19H22Cl2O3S. The first kappa shape index (κ1) is 17.8. The van der Waals surface area contributed by atoms with Crippen LogP contribution in [-0.4, -0.2) is 20.0 Å². The number of benzene rings is 1. The van der Waals surface area contributed by atoms with Crippen LogP contribution in [0.3, 0.4) is 0 Å². The Hall–Kier alpha value is -0.580. The molecule has 0 atom stereocenters. The molecule has 4 saturated carbocycles. The summed E-state index contributed by atoms with van der Waals surface area (Å²) >= 11 is 12.0. The molecule has 0 amide bonds. The topological polar surface area (TPSA) is 51.2 Å². The molecule has 0 aromatic heterocycles. The van der Waals surface area contributed by atoms with E-state index in [0.29, 0.717) is 33.4 Å². The number of ketones is 1. The van der Waals surface area contributed by atoms with Gasteiger partial charge in [0.15, 0.2) is 15.6 Å². The van der Waals surface area contributed by atoms with Gasteiger partial charge in [-0.15, -0.1) is 0 Å². The van der Waals surface area contributed by atoms with Gasteiger partial charge in [0.2, 0.25) is 0 Å². The largest absolute Gasteiger partial charge is 0.298 e. The zero-order chi connectivity index (χ0) is 17.8. The first-order chi connectivity index (χ1) is 11.7. The van der Waals surface area contributed by atoms with E-state index in [1.807, 2.05) is 0 Å². The molecule has 0 saturated heterocycles. The van der Waals surface area contributed by atoms with Crippen molar-refractivity contribution in [2.75, 3.05) is 5.75 Å². The lowest BCUT2D eigenvalue weighted by Gasteiger charge is -2.55. The van der Waals surface area contributed by atoms with E-state index in [-0.39, 0.29) is 22.7 Å². The Bertz CT molecular complexity index is 781. The summed E-state index contributed by atoms with van der Waals surface area (Å²) in [7, 11) is -3.54. The Morgan fingerprint density at radius 3 is 2.12 bits per heavy atom. The van der Waals surface area contributed by atoms with Gasteiger partial charge in [0, 0.05) is 15.5 Å². The first-order valence-corrected chi connectivity index (χ1v) is 11.5. The monoisotopic (exact) mass is 400 g/mol. The van der Waals surface area contributed by atoms with Crippen LogP contribution in [0, 0.1) is 23.2 Å². The van der Waals surface area contributed by atoms with Crippen molar-refractivity contribution in [2.24, 2.45) is 23.2 Å². The molecule has 4 bridgehead atoms. The van der Waals surface area contributed by atoms with Gasteiger partial charge in [-0.25, -0.2) is 8.42 Å². The van der Waals surface area contributed by atoms with Gasteiger partial charge in [-0.2, -0.15) is 0 Å². The van der Waals surface area contributed by atoms with Crippen molar-refractivity contribution in [1.29, 1.82) is 0 Å². The van der Waals surface area contributed by atoms with Crippen molar-refractivity contribution in [1.82, 2.24) is 0 Å². The Labute approximate surface area is 159 Å². The standard InChI is InChI=1S/C19H22Cl2O3S/c20-16-2-1-15(17(21)6-16)10-25(23,24)11-18(22)19-7-12-3-13(8-19)5-14(4-12)9-19/h1-2,6,12-14H,3-5,7-11H2. The Morgan fingerprint density at radius 1 is 1.04 bits per heavy atom. The van der Waals surface area contributed by atoms with Crippen molar-refractivity contribution in [3.63, 3.8) is 0 Å². The van der Waals surface area contributed by atoms with Gasteiger partial charge in [-0.3, -0.25) is 4.79 Å². The van der Waals surface area contributed by atoms with Crippen molar-refractivity contribution >= 4 is 38.8 Å². The van der Waals surface area contributed by atoms with Crippen LogP contribution in [0.4, 0.5) is 0 Å². The molecule has 5 rings (SSSR count). The fourth-order valence-electron chi connectivity index (χ4n) is 5.73. The highest BCUT2D eigenvalue weighted by Gasteiger charge is 2.54. The normalized spacial score (nSPS) is 33.6. The molecule has 0 unspecified atom stereocenters. The molecule has 0 aliphatic heterocycles. The van der Waals surface area contributed by atoms with Crippen LogP contribution in [0.1, 0.15) is 44.1 Å². The summed E-state index contributed by atoms with van der Waals surface area (Å²) in [6.07, 6.45) is 6.40. The molecule has 0 radical (unpaired) electrons. The van der Waals surface area contributed by atoms with E-state index in [0.717, 1.165) is 19.3 Å². The lowest BCUT2D eigenvalue weighted by molar-refractivity contribution is -0.141. The number of hydrogen-bond acceptors (Lipinski definition) is 3. The second-order valence-electron chi connectivity index (χ2n) is 8.39. The van der Waals surface area contributed by atoms with E-state index >= 15 is 0 Å². The molecule has 0 heterocycles. The fraction of sp³-hybridized carbons (Fsp3) is 0.632. The molecule has 4 aliphatic rings. The first-order valence-electron chi connectivity index (χ1n) is 8.92. The van der Waals surface area contributed by atoms with Gasteiger partial charge >= 0.3 is 0 Å². The zero-order valence-corrected chi connectivity index (χ0v) is 16.3. The molecule has 4 fully saturated rings. The summed E-state index contributed by atoms with van der Waals surface area (Å²) in [6.45, 7) is 0. The van der Waals surface area contributed by atoms with Crippen LogP contribution in [0.2, 0.25) is 10.0 Å². The van der Waals surface area contributed by atoms with E-state index in [1.165, 1.54) is 25.3 Å². The molecule has 0 spiro atoms. The molecule has 1 aromatic rings. The third-order valence-electron chi connectivity index (χ3n) is 6.37. The summed E-state index contributed by atoms with van der Waals surface area (Å²) in [4.78, 5) is 13.0. The van der Waals surface area contributed by atoms with Crippen LogP contribution in [0.25, 0.3) is 0 Å². The number of halogens is 2. The minimum Gasteiger partial charge on any atom is -0.298 e. The van der Waals surface area contributed by atoms with E-state index in [1.54, 1.807) is 12.1 Å². The van der Waals surface area contributed by atoms with E-state index in [2.05, 4.69) is 0 Å². The summed E-state index contributed by atoms with van der Waals surface area (Å²) in [5.41, 5.74) is 0.135. The van der Waals surface area contributed by atoms with Crippen LogP contribution < -0.4 is 0 Å². The molecule has 1 aromatic carbocycles. The second-order valence-corrected chi connectivity index (χ2v) is 11.3. The molecule has 4 aliphatic carbocycles. The van der Waals surface area contributed by atoms with Crippen LogP contribution in [0.5, 0.6) is 0 Å². The third-order valence-corrected chi connectivity index (χ3v) is 8.41. The fourth-order valence-corrected chi connectivity index (χ4v) is 7.82. The number of carbonyl (C=O) groups excluding carboxylic acids is 1. The lowest BCUT2D eigenvalue weighted by atomic mass is 9.48. The maximum Gasteiger partial charge on any atom is 0.161 e. The second kappa shape index (κ2) is 6.24. The van der Waals surface area contributed by atoms with Gasteiger partial charge in [-0.1, -0.05) is 29.3 Å². The third kappa shape index (κ3) is 3.50. The average Bonchev–Trinajstić information content (AvgIpc) is 2.48. The Morgan fingerprint density at radius 2 is 1.60 bits per heavy atom. The number of rotatable bonds is 5. The number of carbonyl (C=O) groups is 1. The predicted octanol–water partition coefficient (Wildman–Crippen LogP) is 4.69. The van der Waals surface area contributed by atoms with Crippen molar-refractivity contribution in [3.8, 4) is 0 Å². The lowest BCUT2D eigenvalue weighted by Crippen LogP contribution is -2.51. The van der Waals surface area contributed by atoms with Crippen LogP contribution in [0.15, 0.2) is 18.2 Å². The van der Waals surface area contributed by atoms with Crippen molar-refractivity contribution < 1.29 is 13.2 Å². The van der Waals surface area contributed by atoms with Crippen molar-refractivity contribution in [2.45, 2.75) is 44.3 Å². The maximum atomic E-state index is 13.0. The summed E-state index contributed by atoms with van der Waals surface area (Å²) in [5, 5.41) is 0.800. The Kier molecular flexibility index (Phi) is 4.45. The number of sulfone groups is 1. The summed E-state index contributed by atoms with van der Waals surface area (Å²) in [5.74, 6) is 1.26. The molecule has 6 heteroatoms. The predicted molar refractivity (Wildman–Crippen MR) is 99.6 cm³/mol. The van der Waals surface area contributed by atoms with Gasteiger partial charge in [0.1, 0.15) is 5.75 Å². The smallest absolute Gasteiger partial charge is 0.161 e. The minimum atomic E-state index is -3.54. The zero-order valence-electron chi connectivity index (χ0n) is 14.0. The molecule has 0 N–H and O–H groups in total. The quantitative estimate of drug-likeness (QED) is 0.719. The maximum absolute atomic E-state index is 13.0. The number of hydrogen-bond donors (Lipinski definition) is 0. The van der Waals surface area contributed by atoms with Crippen LogP contribution in [-0.2, 0) is 20.4 Å². The van der Waals surface area contributed by atoms with Crippen LogP contribution >= 0.6 is 23.2 Å². The number of Topliss-reactive ketones (excluding diaryl/α,β-unsaturated/α-hetero) is 1. The van der Waals surface area contributed by atoms with E-state index in [4.69, 9.17) is 23.2 Å². The average molecular weight is 401 g/mol. The highest BCUT2D eigenvalue weighted by Crippen LogP contribution is 2.60. The van der Waals surface area contributed by atoms with Crippen molar-refractivity contribution in [3.05, 3.63) is 33.8 Å². The molecule has 3 nitrogen and oxygen atoms in total. The SMILES string of the molecule is O=C(CS(=O)(=O)Cc1ccc(Cl)cc1Cl)C12CC3CC(CC(C3)C1)C2. The molecule has 25 heavy (non-hydrogen) atoms. The summed E-state index contributed by atoms with van der Waals surface area (Å²) < 4.78 is 25.3. The minimum absolute atomic E-state index is 0.0586. The Balaban J connectivity index is 1.50. The van der Waals surface area contributed by atoms with Gasteiger partial charge < -0.3 is 0 Å². The van der Waals surface area contributed by atoms with Gasteiger partial charge in [0.25, 0.3) is 0 Å². The molecule has 136 valence electrons. The van der Waals surface area contributed by atoms with Gasteiger partial charge in [-0.05, 0) is 74.0 Å². The summed E-state index contributed by atoms with van der Waals surface area (Å²) in [6, 6.07) is 4.78. The van der Waals surface area contributed by atoms with E-state index < -0.39 is 9.84 Å². The highest BCUT2D eigenvalue weighted by molar-refractivity contribution is 7.91. The van der Waals surface area contributed by atoms with Gasteiger partial charge in [0.05, 0.1) is 5.75 Å². The van der Waals surface area contributed by atoms with E-state index in [9.17, 15) is 13.2 Å². The molecular weight excluding hydrogens is 379 g/mol.